The standard InChI is InChI=1S/C20H23N3O3S/c1-13(24)21-15-4-2-3-5-17(15)26-19-7-6-18(27-19)20(25)22-16-12-23-10-8-14(16)9-11-23/h2-7,14,16H,8-12H2,1H3,(H,21,24)(H,22,25). The summed E-state index contributed by atoms with van der Waals surface area (Å²) in [7, 11) is 0. The number of para-hydroxylation sites is 2. The number of hydrogen-bond donors (Lipinski definition) is 2. The molecule has 1 aromatic heterocycles. The molecule has 5 rings (SSSR count). The number of piperidine rings is 3. The predicted molar refractivity (Wildman–Crippen MR) is 106 cm³/mol. The van der Waals surface area contributed by atoms with Gasteiger partial charge < -0.3 is 20.3 Å². The first-order chi connectivity index (χ1) is 13.1. The Hall–Kier alpha value is -2.38. The Bertz CT molecular complexity index is 843. The fourth-order valence-corrected chi connectivity index (χ4v) is 4.59. The zero-order valence-corrected chi connectivity index (χ0v) is 16.1. The number of amides is 2. The number of anilines is 1. The fraction of sp³-hybridized carbons (Fsp3) is 0.400. The Balaban J connectivity index is 1.41. The molecule has 142 valence electrons. The lowest BCUT2D eigenvalue weighted by atomic mass is 9.84. The Morgan fingerprint density at radius 1 is 1.15 bits per heavy atom. The van der Waals surface area contributed by atoms with Crippen LogP contribution in [0, 0.1) is 5.92 Å². The zero-order valence-electron chi connectivity index (χ0n) is 15.2. The summed E-state index contributed by atoms with van der Waals surface area (Å²) in [5.41, 5.74) is 0.608. The molecule has 0 radical (unpaired) electrons. The third-order valence-electron chi connectivity index (χ3n) is 5.19. The van der Waals surface area contributed by atoms with Gasteiger partial charge in [-0.15, -0.1) is 0 Å². The number of thiophene rings is 1. The van der Waals surface area contributed by atoms with Crippen molar-refractivity contribution in [3.05, 3.63) is 41.3 Å². The average molecular weight is 385 g/mol. The van der Waals surface area contributed by atoms with Gasteiger partial charge in [0.25, 0.3) is 5.91 Å². The van der Waals surface area contributed by atoms with Gasteiger partial charge >= 0.3 is 0 Å². The van der Waals surface area contributed by atoms with E-state index in [9.17, 15) is 9.59 Å². The van der Waals surface area contributed by atoms with Gasteiger partial charge in [-0.3, -0.25) is 9.59 Å². The second-order valence-corrected chi connectivity index (χ2v) is 8.16. The van der Waals surface area contributed by atoms with E-state index < -0.39 is 0 Å². The molecule has 0 saturated carbocycles. The molecule has 6 nitrogen and oxygen atoms in total. The molecular weight excluding hydrogens is 362 g/mol. The topological polar surface area (TPSA) is 70.7 Å². The van der Waals surface area contributed by atoms with Crippen LogP contribution in [0.2, 0.25) is 0 Å². The number of benzene rings is 1. The molecule has 4 heterocycles. The van der Waals surface area contributed by atoms with E-state index in [-0.39, 0.29) is 17.9 Å². The lowest BCUT2D eigenvalue weighted by Crippen LogP contribution is -2.57. The van der Waals surface area contributed by atoms with Crippen LogP contribution in [0.1, 0.15) is 29.4 Å². The molecule has 3 fully saturated rings. The van der Waals surface area contributed by atoms with Crippen LogP contribution in [0.15, 0.2) is 36.4 Å². The third kappa shape index (κ3) is 4.14. The molecule has 3 aliphatic rings. The Labute approximate surface area is 162 Å². The van der Waals surface area contributed by atoms with Gasteiger partial charge in [-0.2, -0.15) is 0 Å². The highest BCUT2D eigenvalue weighted by molar-refractivity contribution is 7.15. The molecular formula is C20H23N3O3S. The normalized spacial score (nSPS) is 23.7. The lowest BCUT2D eigenvalue weighted by molar-refractivity contribution is -0.114. The van der Waals surface area contributed by atoms with E-state index in [0.29, 0.717) is 27.3 Å². The van der Waals surface area contributed by atoms with Gasteiger partial charge in [-0.25, -0.2) is 0 Å². The second-order valence-electron chi connectivity index (χ2n) is 7.12. The minimum Gasteiger partial charge on any atom is -0.444 e. The average Bonchev–Trinajstić information content (AvgIpc) is 3.13. The maximum atomic E-state index is 12.6. The molecule has 27 heavy (non-hydrogen) atoms. The number of hydrogen-bond acceptors (Lipinski definition) is 5. The van der Waals surface area contributed by atoms with Gasteiger partial charge in [-0.05, 0) is 56.1 Å². The molecule has 1 atom stereocenters. The fourth-order valence-electron chi connectivity index (χ4n) is 3.82. The molecule has 7 heteroatoms. The summed E-state index contributed by atoms with van der Waals surface area (Å²) < 4.78 is 5.90. The van der Waals surface area contributed by atoms with Crippen molar-refractivity contribution >= 4 is 28.8 Å². The Morgan fingerprint density at radius 3 is 2.63 bits per heavy atom. The monoisotopic (exact) mass is 385 g/mol. The van der Waals surface area contributed by atoms with Crippen LogP contribution in [0.3, 0.4) is 0 Å². The molecule has 1 aromatic carbocycles. The van der Waals surface area contributed by atoms with Crippen molar-refractivity contribution in [2.75, 3.05) is 25.0 Å². The maximum Gasteiger partial charge on any atom is 0.261 e. The van der Waals surface area contributed by atoms with Crippen molar-refractivity contribution in [1.82, 2.24) is 10.2 Å². The summed E-state index contributed by atoms with van der Waals surface area (Å²) in [5, 5.41) is 6.57. The van der Waals surface area contributed by atoms with Crippen molar-refractivity contribution in [3.63, 3.8) is 0 Å². The van der Waals surface area contributed by atoms with Crippen LogP contribution < -0.4 is 15.4 Å². The second kappa shape index (κ2) is 7.70. The van der Waals surface area contributed by atoms with E-state index in [0.717, 1.165) is 19.6 Å². The first kappa shape index (κ1) is 18.0. The number of rotatable bonds is 5. The van der Waals surface area contributed by atoms with Gasteiger partial charge in [-0.1, -0.05) is 23.5 Å². The quantitative estimate of drug-likeness (QED) is 0.828. The van der Waals surface area contributed by atoms with E-state index >= 15 is 0 Å². The summed E-state index contributed by atoms with van der Waals surface area (Å²) in [4.78, 5) is 27.0. The molecule has 3 saturated heterocycles. The third-order valence-corrected chi connectivity index (χ3v) is 6.15. The molecule has 1 unspecified atom stereocenters. The Kier molecular flexibility index (Phi) is 5.13. The molecule has 2 bridgehead atoms. The van der Waals surface area contributed by atoms with Gasteiger partial charge in [0.05, 0.1) is 10.6 Å². The van der Waals surface area contributed by atoms with E-state index in [2.05, 4.69) is 15.5 Å². The molecule has 2 aromatic rings. The molecule has 2 N–H and O–H groups in total. The smallest absolute Gasteiger partial charge is 0.261 e. The van der Waals surface area contributed by atoms with Crippen LogP contribution in [-0.4, -0.2) is 42.4 Å². The molecule has 3 aliphatic heterocycles. The van der Waals surface area contributed by atoms with Crippen molar-refractivity contribution < 1.29 is 14.3 Å². The number of carbonyl (C=O) groups excluding carboxylic acids is 2. The first-order valence-corrected chi connectivity index (χ1v) is 10.1. The molecule has 2 amide bonds. The van der Waals surface area contributed by atoms with Crippen LogP contribution in [0.5, 0.6) is 10.8 Å². The van der Waals surface area contributed by atoms with E-state index in [4.69, 9.17) is 4.74 Å². The Morgan fingerprint density at radius 2 is 1.93 bits per heavy atom. The molecule has 0 spiro atoms. The van der Waals surface area contributed by atoms with E-state index in [1.165, 1.54) is 31.1 Å². The minimum absolute atomic E-state index is 0.0382. The summed E-state index contributed by atoms with van der Waals surface area (Å²) >= 11 is 1.31. The lowest BCUT2D eigenvalue weighted by Gasteiger charge is -2.44. The van der Waals surface area contributed by atoms with Crippen LogP contribution >= 0.6 is 11.3 Å². The van der Waals surface area contributed by atoms with Crippen LogP contribution in [0.25, 0.3) is 0 Å². The van der Waals surface area contributed by atoms with Crippen LogP contribution in [0.4, 0.5) is 5.69 Å². The largest absolute Gasteiger partial charge is 0.444 e. The minimum atomic E-state index is -0.158. The van der Waals surface area contributed by atoms with Crippen molar-refractivity contribution in [1.29, 1.82) is 0 Å². The zero-order chi connectivity index (χ0) is 18.8. The number of ether oxygens (including phenoxy) is 1. The van der Waals surface area contributed by atoms with Crippen molar-refractivity contribution in [2.45, 2.75) is 25.8 Å². The van der Waals surface area contributed by atoms with Crippen molar-refractivity contribution in [3.8, 4) is 10.8 Å². The van der Waals surface area contributed by atoms with Crippen molar-refractivity contribution in [2.24, 2.45) is 5.92 Å². The summed E-state index contributed by atoms with van der Waals surface area (Å²) in [5.74, 6) is 0.955. The van der Waals surface area contributed by atoms with Gasteiger partial charge in [0.1, 0.15) is 0 Å². The van der Waals surface area contributed by atoms with E-state index in [1.807, 2.05) is 12.1 Å². The SMILES string of the molecule is CC(=O)Nc1ccccc1Oc1ccc(C(=O)NC2CN3CCC2CC3)s1. The van der Waals surface area contributed by atoms with Gasteiger partial charge in [0.2, 0.25) is 5.91 Å². The number of nitrogens with one attached hydrogen (secondary N) is 2. The highest BCUT2D eigenvalue weighted by Gasteiger charge is 2.35. The number of nitrogens with zero attached hydrogens (tertiary/aromatic N) is 1. The molecule has 0 aliphatic carbocycles. The predicted octanol–water partition coefficient (Wildman–Crippen LogP) is 3.32. The first-order valence-electron chi connectivity index (χ1n) is 9.26. The maximum absolute atomic E-state index is 12.6. The number of fused-ring (bicyclic) bond motifs is 3. The highest BCUT2D eigenvalue weighted by atomic mass is 32.1. The summed E-state index contributed by atoms with van der Waals surface area (Å²) in [6.45, 7) is 4.72. The van der Waals surface area contributed by atoms with Crippen LogP contribution in [-0.2, 0) is 4.79 Å². The van der Waals surface area contributed by atoms with Gasteiger partial charge in [0.15, 0.2) is 10.8 Å². The summed E-state index contributed by atoms with van der Waals surface area (Å²) in [6.07, 6.45) is 2.34. The van der Waals surface area contributed by atoms with Gasteiger partial charge in [0, 0.05) is 19.5 Å². The van der Waals surface area contributed by atoms with E-state index in [1.54, 1.807) is 24.3 Å². The summed E-state index contributed by atoms with van der Waals surface area (Å²) in [6, 6.07) is 11.1. The highest BCUT2D eigenvalue weighted by Crippen LogP contribution is 2.34. The number of carbonyl (C=O) groups is 2.